The summed E-state index contributed by atoms with van der Waals surface area (Å²) in [4.78, 5) is 28.1. The van der Waals surface area contributed by atoms with Crippen LogP contribution in [0, 0.1) is 0 Å². The first kappa shape index (κ1) is 28.0. The molecule has 2 amide bonds. The number of nitrogens with one attached hydrogen (secondary N) is 1. The van der Waals surface area contributed by atoms with E-state index in [1.807, 2.05) is 20.8 Å². The molecule has 34 heavy (non-hydrogen) atoms. The van der Waals surface area contributed by atoms with Gasteiger partial charge in [0, 0.05) is 27.7 Å². The maximum absolute atomic E-state index is 13.6. The molecule has 2 aromatic rings. The van der Waals surface area contributed by atoms with Crippen LogP contribution in [0.1, 0.15) is 39.7 Å². The van der Waals surface area contributed by atoms with Gasteiger partial charge in [0.25, 0.3) is 0 Å². The third-order valence-electron chi connectivity index (χ3n) is 5.00. The Balaban J connectivity index is 2.50. The Morgan fingerprint density at radius 2 is 1.56 bits per heavy atom. The van der Waals surface area contributed by atoms with Crippen molar-refractivity contribution in [2.24, 2.45) is 0 Å². The summed E-state index contributed by atoms with van der Waals surface area (Å²) in [6, 6.07) is 12.4. The number of rotatable bonds is 9. The topological polar surface area (TPSA) is 86.8 Å². The molecule has 0 saturated carbocycles. The highest BCUT2D eigenvalue weighted by molar-refractivity contribution is 7.92. The lowest BCUT2D eigenvalue weighted by atomic mass is 10.1. The number of amides is 2. The second-order valence-corrected chi connectivity index (χ2v) is 11.7. The zero-order valence-corrected chi connectivity index (χ0v) is 22.3. The van der Waals surface area contributed by atoms with Gasteiger partial charge < -0.3 is 10.2 Å². The van der Waals surface area contributed by atoms with E-state index in [-0.39, 0.29) is 12.5 Å². The van der Waals surface area contributed by atoms with Crippen molar-refractivity contribution in [2.45, 2.75) is 52.2 Å². The molecule has 0 aliphatic rings. The maximum atomic E-state index is 13.6. The van der Waals surface area contributed by atoms with Crippen molar-refractivity contribution in [3.63, 3.8) is 0 Å². The highest BCUT2D eigenvalue weighted by Crippen LogP contribution is 2.27. The first-order valence-electron chi connectivity index (χ1n) is 10.8. The molecule has 7 nitrogen and oxygen atoms in total. The maximum Gasteiger partial charge on any atom is 0.244 e. The molecule has 0 spiro atoms. The molecular weight excluding hydrogens is 497 g/mol. The molecule has 1 atom stereocenters. The highest BCUT2D eigenvalue weighted by Gasteiger charge is 2.33. The van der Waals surface area contributed by atoms with Gasteiger partial charge in [0.1, 0.15) is 12.6 Å². The van der Waals surface area contributed by atoms with Gasteiger partial charge in [-0.25, -0.2) is 8.42 Å². The van der Waals surface area contributed by atoms with Crippen LogP contribution >= 0.6 is 23.2 Å². The van der Waals surface area contributed by atoms with Crippen LogP contribution < -0.4 is 9.62 Å². The fourth-order valence-electron chi connectivity index (χ4n) is 3.43. The summed E-state index contributed by atoms with van der Waals surface area (Å²) in [7, 11) is -3.78. The third kappa shape index (κ3) is 7.61. The molecule has 0 unspecified atom stereocenters. The molecule has 0 aromatic heterocycles. The van der Waals surface area contributed by atoms with E-state index in [9.17, 15) is 18.0 Å². The molecule has 1 N–H and O–H groups in total. The summed E-state index contributed by atoms with van der Waals surface area (Å²) >= 11 is 12.7. The minimum absolute atomic E-state index is 0.0558. The number of halogens is 2. The Labute approximate surface area is 212 Å². The summed E-state index contributed by atoms with van der Waals surface area (Å²) in [5.41, 5.74) is 0.303. The number of carbonyl (C=O) groups is 2. The molecule has 0 heterocycles. The average Bonchev–Trinajstić information content (AvgIpc) is 2.72. The second kappa shape index (κ2) is 11.4. The number of hydrogen-bond acceptors (Lipinski definition) is 4. The average molecular weight is 529 g/mol. The first-order valence-corrected chi connectivity index (χ1v) is 13.4. The van der Waals surface area contributed by atoms with E-state index in [1.165, 1.54) is 4.90 Å². The zero-order valence-electron chi connectivity index (χ0n) is 20.0. The van der Waals surface area contributed by atoms with E-state index >= 15 is 0 Å². The van der Waals surface area contributed by atoms with Crippen molar-refractivity contribution in [3.05, 3.63) is 64.1 Å². The van der Waals surface area contributed by atoms with Crippen LogP contribution in [0.15, 0.2) is 48.5 Å². The monoisotopic (exact) mass is 527 g/mol. The fraction of sp³-hybridized carbons (Fsp3) is 0.417. The van der Waals surface area contributed by atoms with Gasteiger partial charge in [-0.3, -0.25) is 13.9 Å². The van der Waals surface area contributed by atoms with Crippen molar-refractivity contribution >= 4 is 50.7 Å². The number of anilines is 1. The van der Waals surface area contributed by atoms with Gasteiger partial charge in [-0.2, -0.15) is 0 Å². The standard InChI is InChI=1S/C24H31Cl2N3O4S/c1-6-21(23(31)27-24(2,3)4)28(15-18-19(25)13-10-14-20(18)26)22(30)16-29(34(5,32)33)17-11-8-7-9-12-17/h7-14,21H,6,15-16H2,1-5H3,(H,27,31)/t21-/m0/s1. The van der Waals surface area contributed by atoms with Gasteiger partial charge in [-0.05, 0) is 51.5 Å². The number of carbonyl (C=O) groups excluding carboxylic acids is 2. The summed E-state index contributed by atoms with van der Waals surface area (Å²) < 4.78 is 26.1. The Bertz CT molecular complexity index is 1100. The third-order valence-corrected chi connectivity index (χ3v) is 6.85. The second-order valence-electron chi connectivity index (χ2n) is 8.99. The number of benzene rings is 2. The summed E-state index contributed by atoms with van der Waals surface area (Å²) in [6.45, 7) is 6.78. The summed E-state index contributed by atoms with van der Waals surface area (Å²) in [5.74, 6) is -0.904. The van der Waals surface area contributed by atoms with Crippen LogP contribution in [0.4, 0.5) is 5.69 Å². The van der Waals surface area contributed by atoms with Gasteiger partial charge in [-0.15, -0.1) is 0 Å². The lowest BCUT2D eigenvalue weighted by Crippen LogP contribution is -2.55. The SMILES string of the molecule is CC[C@@H](C(=O)NC(C)(C)C)N(Cc1c(Cl)cccc1Cl)C(=O)CN(c1ccccc1)S(C)(=O)=O. The van der Waals surface area contributed by atoms with E-state index in [0.717, 1.165) is 10.6 Å². The van der Waals surface area contributed by atoms with Crippen LogP contribution in [0.5, 0.6) is 0 Å². The number of nitrogens with zero attached hydrogens (tertiary/aromatic N) is 2. The predicted octanol–water partition coefficient (Wildman–Crippen LogP) is 4.48. The van der Waals surface area contributed by atoms with Crippen molar-refractivity contribution < 1.29 is 18.0 Å². The van der Waals surface area contributed by atoms with Gasteiger partial charge >= 0.3 is 0 Å². The van der Waals surface area contributed by atoms with Crippen molar-refractivity contribution in [2.75, 3.05) is 17.1 Å². The Morgan fingerprint density at radius 1 is 1.00 bits per heavy atom. The Kier molecular flexibility index (Phi) is 9.39. The molecule has 0 radical (unpaired) electrons. The molecule has 0 aliphatic carbocycles. The number of sulfonamides is 1. The van der Waals surface area contributed by atoms with Gasteiger partial charge in [-0.1, -0.05) is 54.4 Å². The van der Waals surface area contributed by atoms with E-state index in [4.69, 9.17) is 23.2 Å². The molecule has 2 rings (SSSR count). The largest absolute Gasteiger partial charge is 0.350 e. The van der Waals surface area contributed by atoms with Crippen LogP contribution in [0.25, 0.3) is 0 Å². The normalized spacial score (nSPS) is 12.7. The number of hydrogen-bond donors (Lipinski definition) is 1. The molecule has 0 bridgehead atoms. The van der Waals surface area contributed by atoms with Gasteiger partial charge in [0.05, 0.1) is 11.9 Å². The Hall–Kier alpha value is -2.29. The lowest BCUT2D eigenvalue weighted by molar-refractivity contribution is -0.141. The minimum Gasteiger partial charge on any atom is -0.350 e. The fourth-order valence-corrected chi connectivity index (χ4v) is 4.80. The Morgan fingerprint density at radius 3 is 2.03 bits per heavy atom. The first-order chi connectivity index (χ1) is 15.7. The van der Waals surface area contributed by atoms with E-state index in [0.29, 0.717) is 27.7 Å². The molecule has 186 valence electrons. The molecule has 2 aromatic carbocycles. The molecular formula is C24H31Cl2N3O4S. The van der Waals surface area contributed by atoms with Gasteiger partial charge in [0.15, 0.2) is 0 Å². The van der Waals surface area contributed by atoms with E-state index in [1.54, 1.807) is 55.5 Å². The van der Waals surface area contributed by atoms with Crippen molar-refractivity contribution in [1.82, 2.24) is 10.2 Å². The molecule has 10 heteroatoms. The summed E-state index contributed by atoms with van der Waals surface area (Å²) in [5, 5.41) is 3.60. The molecule has 0 fully saturated rings. The lowest BCUT2D eigenvalue weighted by Gasteiger charge is -2.34. The van der Waals surface area contributed by atoms with Crippen LogP contribution in [-0.4, -0.2) is 49.5 Å². The molecule has 0 saturated heterocycles. The highest BCUT2D eigenvalue weighted by atomic mass is 35.5. The predicted molar refractivity (Wildman–Crippen MR) is 138 cm³/mol. The van der Waals surface area contributed by atoms with E-state index < -0.39 is 34.1 Å². The van der Waals surface area contributed by atoms with Crippen LogP contribution in [0.3, 0.4) is 0 Å². The minimum atomic E-state index is -3.78. The van der Waals surface area contributed by atoms with E-state index in [2.05, 4.69) is 5.32 Å². The molecule has 0 aliphatic heterocycles. The quantitative estimate of drug-likeness (QED) is 0.520. The van der Waals surface area contributed by atoms with Gasteiger partial charge in [0.2, 0.25) is 21.8 Å². The van der Waals surface area contributed by atoms with Crippen LogP contribution in [0.2, 0.25) is 10.0 Å². The smallest absolute Gasteiger partial charge is 0.244 e. The van der Waals surface area contributed by atoms with Crippen molar-refractivity contribution in [1.29, 1.82) is 0 Å². The zero-order chi connectivity index (χ0) is 25.7. The van der Waals surface area contributed by atoms with Crippen molar-refractivity contribution in [3.8, 4) is 0 Å². The van der Waals surface area contributed by atoms with Crippen LogP contribution in [-0.2, 0) is 26.2 Å². The summed E-state index contributed by atoms with van der Waals surface area (Å²) in [6.07, 6.45) is 1.34. The number of para-hydroxylation sites is 1.